The number of aromatic nitrogens is 1. The number of guanidine groups is 1. The third-order valence-corrected chi connectivity index (χ3v) is 4.27. The molecule has 0 radical (unpaired) electrons. The summed E-state index contributed by atoms with van der Waals surface area (Å²) in [5.41, 5.74) is 2.35. The molecule has 5 nitrogen and oxygen atoms in total. The lowest BCUT2D eigenvalue weighted by atomic mass is 9.99. The van der Waals surface area contributed by atoms with Crippen LogP contribution in [0.4, 0.5) is 0 Å². The van der Waals surface area contributed by atoms with Gasteiger partial charge in [-0.1, -0.05) is 49.3 Å². The van der Waals surface area contributed by atoms with E-state index in [1.54, 1.807) is 0 Å². The van der Waals surface area contributed by atoms with Gasteiger partial charge in [0.1, 0.15) is 6.54 Å². The average Bonchev–Trinajstić information content (AvgIpc) is 3.10. The van der Waals surface area contributed by atoms with Gasteiger partial charge < -0.3 is 15.2 Å². The molecule has 0 unspecified atom stereocenters. The Balaban J connectivity index is 1.88. The highest BCUT2D eigenvalue weighted by molar-refractivity contribution is 5.79. The number of benzene rings is 1. The van der Waals surface area contributed by atoms with Crippen LogP contribution in [0, 0.1) is 0 Å². The normalized spacial score (nSPS) is 11.8. The van der Waals surface area contributed by atoms with E-state index in [9.17, 15) is 0 Å². The second-order valence-corrected chi connectivity index (χ2v) is 6.09. The molecule has 1 heterocycles. The van der Waals surface area contributed by atoms with Crippen molar-refractivity contribution in [1.29, 1.82) is 0 Å². The first-order valence-electron chi connectivity index (χ1n) is 9.28. The van der Waals surface area contributed by atoms with Crippen molar-refractivity contribution < 1.29 is 4.52 Å². The highest BCUT2D eigenvalue weighted by Crippen LogP contribution is 2.22. The van der Waals surface area contributed by atoms with Gasteiger partial charge in [-0.15, -0.1) is 0 Å². The SMILES string of the molecule is CCNC(=NCc1cc(C(CC)CC)no1)NCCc1ccccc1. The molecule has 2 rings (SSSR count). The standard InChI is InChI=1S/C20H30N4O/c1-4-17(5-2)19-14-18(25-24-19)15-23-20(21-6-3)22-13-12-16-10-8-7-9-11-16/h7-11,14,17H,4-6,12-13,15H2,1-3H3,(H2,21,22,23). The fourth-order valence-electron chi connectivity index (χ4n) is 2.77. The average molecular weight is 342 g/mol. The maximum absolute atomic E-state index is 5.44. The number of rotatable bonds is 9. The molecule has 0 spiro atoms. The summed E-state index contributed by atoms with van der Waals surface area (Å²) in [4.78, 5) is 4.60. The van der Waals surface area contributed by atoms with E-state index in [0.717, 1.165) is 49.8 Å². The molecule has 1 aromatic heterocycles. The molecule has 0 aliphatic heterocycles. The summed E-state index contributed by atoms with van der Waals surface area (Å²) < 4.78 is 5.44. The monoisotopic (exact) mass is 342 g/mol. The lowest BCUT2D eigenvalue weighted by molar-refractivity contribution is 0.372. The van der Waals surface area contributed by atoms with Gasteiger partial charge in [0, 0.05) is 25.1 Å². The minimum Gasteiger partial charge on any atom is -0.359 e. The first kappa shape index (κ1) is 19.0. The van der Waals surface area contributed by atoms with Crippen LogP contribution in [-0.2, 0) is 13.0 Å². The van der Waals surface area contributed by atoms with Gasteiger partial charge in [0.05, 0.1) is 5.69 Å². The zero-order valence-corrected chi connectivity index (χ0v) is 15.6. The predicted octanol–water partition coefficient (Wildman–Crippen LogP) is 3.88. The van der Waals surface area contributed by atoms with Crippen LogP contribution in [0.3, 0.4) is 0 Å². The largest absolute Gasteiger partial charge is 0.359 e. The van der Waals surface area contributed by atoms with Crippen molar-refractivity contribution in [2.75, 3.05) is 13.1 Å². The third kappa shape index (κ3) is 6.25. The molecule has 2 aromatic rings. The lowest BCUT2D eigenvalue weighted by Crippen LogP contribution is -2.38. The van der Waals surface area contributed by atoms with E-state index >= 15 is 0 Å². The smallest absolute Gasteiger partial charge is 0.191 e. The van der Waals surface area contributed by atoms with Crippen LogP contribution in [0.25, 0.3) is 0 Å². The molecule has 0 aliphatic rings. The molecule has 0 fully saturated rings. The van der Waals surface area contributed by atoms with Crippen molar-refractivity contribution in [2.45, 2.75) is 52.5 Å². The Bertz CT molecular complexity index is 632. The van der Waals surface area contributed by atoms with Crippen LogP contribution < -0.4 is 10.6 Å². The van der Waals surface area contributed by atoms with Gasteiger partial charge in [-0.2, -0.15) is 0 Å². The zero-order valence-electron chi connectivity index (χ0n) is 15.6. The third-order valence-electron chi connectivity index (χ3n) is 4.27. The molecule has 0 amide bonds. The zero-order chi connectivity index (χ0) is 17.9. The van der Waals surface area contributed by atoms with E-state index in [2.05, 4.69) is 65.8 Å². The second kappa shape index (κ2) is 10.5. The van der Waals surface area contributed by atoms with Crippen molar-refractivity contribution in [3.63, 3.8) is 0 Å². The summed E-state index contributed by atoms with van der Waals surface area (Å²) in [7, 11) is 0. The van der Waals surface area contributed by atoms with Crippen LogP contribution in [0.15, 0.2) is 45.9 Å². The fraction of sp³-hybridized carbons (Fsp3) is 0.500. The molecule has 0 aliphatic carbocycles. The van der Waals surface area contributed by atoms with Crippen molar-refractivity contribution >= 4 is 5.96 Å². The first-order chi connectivity index (χ1) is 12.3. The van der Waals surface area contributed by atoms with Gasteiger partial charge in [0.25, 0.3) is 0 Å². The van der Waals surface area contributed by atoms with E-state index in [1.807, 2.05) is 12.1 Å². The lowest BCUT2D eigenvalue weighted by Gasteiger charge is -2.10. The summed E-state index contributed by atoms with van der Waals surface area (Å²) in [5.74, 6) is 2.08. The van der Waals surface area contributed by atoms with Gasteiger partial charge >= 0.3 is 0 Å². The molecule has 136 valence electrons. The summed E-state index contributed by atoms with van der Waals surface area (Å²) >= 11 is 0. The quantitative estimate of drug-likeness (QED) is 0.536. The molecule has 0 bridgehead atoms. The molecule has 25 heavy (non-hydrogen) atoms. The minimum atomic E-state index is 0.471. The molecule has 5 heteroatoms. The summed E-state index contributed by atoms with van der Waals surface area (Å²) in [6, 6.07) is 12.5. The molecule has 0 saturated heterocycles. The Hall–Kier alpha value is -2.30. The second-order valence-electron chi connectivity index (χ2n) is 6.09. The van der Waals surface area contributed by atoms with E-state index in [4.69, 9.17) is 4.52 Å². The number of hydrogen-bond acceptors (Lipinski definition) is 3. The molecular weight excluding hydrogens is 312 g/mol. The topological polar surface area (TPSA) is 62.5 Å². The van der Waals surface area contributed by atoms with E-state index in [-0.39, 0.29) is 0 Å². The van der Waals surface area contributed by atoms with E-state index < -0.39 is 0 Å². The van der Waals surface area contributed by atoms with Crippen molar-refractivity contribution in [2.24, 2.45) is 4.99 Å². The Morgan fingerprint density at radius 3 is 2.56 bits per heavy atom. The Morgan fingerprint density at radius 1 is 1.12 bits per heavy atom. The molecular formula is C20H30N4O. The van der Waals surface area contributed by atoms with Crippen LogP contribution in [0.5, 0.6) is 0 Å². The number of hydrogen-bond donors (Lipinski definition) is 2. The first-order valence-corrected chi connectivity index (χ1v) is 9.28. The van der Waals surface area contributed by atoms with Gasteiger partial charge in [-0.3, -0.25) is 0 Å². The van der Waals surface area contributed by atoms with Crippen LogP contribution >= 0.6 is 0 Å². The summed E-state index contributed by atoms with van der Waals surface area (Å²) in [5, 5.41) is 10.8. The van der Waals surface area contributed by atoms with Crippen molar-refractivity contribution in [3.05, 3.63) is 53.4 Å². The number of nitrogens with zero attached hydrogens (tertiary/aromatic N) is 2. The van der Waals surface area contributed by atoms with Gasteiger partial charge in [0.15, 0.2) is 11.7 Å². The molecule has 0 saturated carbocycles. The number of aliphatic imine (C=N–C) groups is 1. The molecule has 2 N–H and O–H groups in total. The van der Waals surface area contributed by atoms with Crippen LogP contribution in [-0.4, -0.2) is 24.2 Å². The van der Waals surface area contributed by atoms with Crippen molar-refractivity contribution in [1.82, 2.24) is 15.8 Å². The maximum Gasteiger partial charge on any atom is 0.191 e. The Labute approximate surface area is 150 Å². The van der Waals surface area contributed by atoms with Crippen LogP contribution in [0.1, 0.15) is 56.5 Å². The van der Waals surface area contributed by atoms with Gasteiger partial charge in [-0.25, -0.2) is 4.99 Å². The van der Waals surface area contributed by atoms with Crippen molar-refractivity contribution in [3.8, 4) is 0 Å². The summed E-state index contributed by atoms with van der Waals surface area (Å²) in [6.45, 7) is 8.58. The maximum atomic E-state index is 5.44. The molecule has 0 atom stereocenters. The van der Waals surface area contributed by atoms with Gasteiger partial charge in [-0.05, 0) is 31.7 Å². The Morgan fingerprint density at radius 2 is 1.88 bits per heavy atom. The van der Waals surface area contributed by atoms with E-state index in [0.29, 0.717) is 12.5 Å². The van der Waals surface area contributed by atoms with E-state index in [1.165, 1.54) is 5.56 Å². The predicted molar refractivity (Wildman–Crippen MR) is 103 cm³/mol. The van der Waals surface area contributed by atoms with Crippen LogP contribution in [0.2, 0.25) is 0 Å². The number of nitrogens with one attached hydrogen (secondary N) is 2. The highest BCUT2D eigenvalue weighted by atomic mass is 16.5. The fourth-order valence-corrected chi connectivity index (χ4v) is 2.77. The summed E-state index contributed by atoms with van der Waals surface area (Å²) in [6.07, 6.45) is 3.12. The van der Waals surface area contributed by atoms with Gasteiger partial charge in [0.2, 0.25) is 0 Å². The Kier molecular flexibility index (Phi) is 8.02. The highest BCUT2D eigenvalue weighted by Gasteiger charge is 2.12. The minimum absolute atomic E-state index is 0.471. The molecule has 1 aromatic carbocycles.